The smallest absolute Gasteiger partial charge is 0.314 e. The molecule has 0 aliphatic heterocycles. The van der Waals surface area contributed by atoms with Crippen LogP contribution in [0.25, 0.3) is 11.0 Å². The standard InChI is InChI=1S/C18H28N4O2/c1-14(2)13-24-12-6-9-19-18(23)20-10-11-22-15(3)21-16-7-4-5-8-17(16)22/h4-5,7-8,14H,6,9-13H2,1-3H3,(H2,19,20,23). The van der Waals surface area contributed by atoms with E-state index in [9.17, 15) is 4.79 Å². The van der Waals surface area contributed by atoms with Crippen molar-refractivity contribution in [3.63, 3.8) is 0 Å². The predicted molar refractivity (Wildman–Crippen MR) is 96.1 cm³/mol. The molecule has 2 N–H and O–H groups in total. The molecule has 1 aromatic carbocycles. The lowest BCUT2D eigenvalue weighted by Crippen LogP contribution is -2.38. The van der Waals surface area contributed by atoms with Crippen LogP contribution in [0, 0.1) is 12.8 Å². The number of benzene rings is 1. The molecule has 1 heterocycles. The van der Waals surface area contributed by atoms with Crippen molar-refractivity contribution >= 4 is 17.1 Å². The lowest BCUT2D eigenvalue weighted by atomic mass is 10.2. The van der Waals surface area contributed by atoms with Gasteiger partial charge in [-0.1, -0.05) is 26.0 Å². The Balaban J connectivity index is 1.64. The van der Waals surface area contributed by atoms with Crippen molar-refractivity contribution in [2.45, 2.75) is 33.7 Å². The number of rotatable bonds is 9. The van der Waals surface area contributed by atoms with Gasteiger partial charge in [-0.05, 0) is 31.4 Å². The Morgan fingerprint density at radius 2 is 2.00 bits per heavy atom. The summed E-state index contributed by atoms with van der Waals surface area (Å²) in [5, 5.41) is 5.73. The molecule has 0 saturated carbocycles. The average Bonchev–Trinajstić information content (AvgIpc) is 2.86. The van der Waals surface area contributed by atoms with Crippen LogP contribution in [0.1, 0.15) is 26.1 Å². The van der Waals surface area contributed by atoms with Crippen LogP contribution >= 0.6 is 0 Å². The number of nitrogens with one attached hydrogen (secondary N) is 2. The molecule has 0 aliphatic rings. The first-order chi connectivity index (χ1) is 11.6. The third-order valence-corrected chi connectivity index (χ3v) is 3.67. The van der Waals surface area contributed by atoms with Gasteiger partial charge < -0.3 is 19.9 Å². The Kier molecular flexibility index (Phi) is 7.06. The molecule has 6 heteroatoms. The van der Waals surface area contributed by atoms with E-state index in [1.165, 1.54) is 0 Å². The number of fused-ring (bicyclic) bond motifs is 1. The van der Waals surface area contributed by atoms with Crippen LogP contribution < -0.4 is 10.6 Å². The number of amides is 2. The quantitative estimate of drug-likeness (QED) is 0.694. The van der Waals surface area contributed by atoms with Gasteiger partial charge in [-0.15, -0.1) is 0 Å². The van der Waals surface area contributed by atoms with Crippen molar-refractivity contribution in [3.8, 4) is 0 Å². The number of aromatic nitrogens is 2. The highest BCUT2D eigenvalue weighted by atomic mass is 16.5. The Morgan fingerprint density at radius 1 is 1.25 bits per heavy atom. The van der Waals surface area contributed by atoms with Crippen molar-refractivity contribution in [2.75, 3.05) is 26.3 Å². The molecule has 0 radical (unpaired) electrons. The van der Waals surface area contributed by atoms with Gasteiger partial charge in [0.05, 0.1) is 11.0 Å². The summed E-state index contributed by atoms with van der Waals surface area (Å²) in [5.41, 5.74) is 2.08. The van der Waals surface area contributed by atoms with Gasteiger partial charge in [0.2, 0.25) is 0 Å². The zero-order chi connectivity index (χ0) is 17.4. The van der Waals surface area contributed by atoms with Crippen LogP contribution in [0.2, 0.25) is 0 Å². The summed E-state index contributed by atoms with van der Waals surface area (Å²) in [5.74, 6) is 1.50. The predicted octanol–water partition coefficient (Wildman–Crippen LogP) is 2.71. The molecular weight excluding hydrogens is 304 g/mol. The van der Waals surface area contributed by atoms with E-state index < -0.39 is 0 Å². The van der Waals surface area contributed by atoms with E-state index in [4.69, 9.17) is 4.74 Å². The third-order valence-electron chi connectivity index (χ3n) is 3.67. The fraction of sp³-hybridized carbons (Fsp3) is 0.556. The van der Waals surface area contributed by atoms with E-state index in [1.54, 1.807) is 0 Å². The molecule has 132 valence electrons. The second-order valence-electron chi connectivity index (χ2n) is 6.30. The van der Waals surface area contributed by atoms with Crippen LogP contribution in [0.15, 0.2) is 24.3 Å². The molecule has 24 heavy (non-hydrogen) atoms. The van der Waals surface area contributed by atoms with Crippen LogP contribution in [-0.2, 0) is 11.3 Å². The Bertz CT molecular complexity index is 652. The van der Waals surface area contributed by atoms with E-state index in [2.05, 4.69) is 34.0 Å². The summed E-state index contributed by atoms with van der Waals surface area (Å²) in [7, 11) is 0. The van der Waals surface area contributed by atoms with Crippen molar-refractivity contribution in [1.82, 2.24) is 20.2 Å². The van der Waals surface area contributed by atoms with Gasteiger partial charge in [0.1, 0.15) is 5.82 Å². The summed E-state index contributed by atoms with van der Waals surface area (Å²) < 4.78 is 7.60. The number of para-hydroxylation sites is 2. The van der Waals surface area contributed by atoms with Crippen LogP contribution in [0.4, 0.5) is 4.79 Å². The highest BCUT2D eigenvalue weighted by Gasteiger charge is 2.06. The summed E-state index contributed by atoms with van der Waals surface area (Å²) in [6, 6.07) is 7.89. The van der Waals surface area contributed by atoms with Gasteiger partial charge in [0.15, 0.2) is 0 Å². The van der Waals surface area contributed by atoms with Gasteiger partial charge >= 0.3 is 6.03 Å². The second kappa shape index (κ2) is 9.27. The zero-order valence-electron chi connectivity index (χ0n) is 14.8. The molecule has 0 aliphatic carbocycles. The van der Waals surface area contributed by atoms with Gasteiger partial charge in [0, 0.05) is 32.8 Å². The second-order valence-corrected chi connectivity index (χ2v) is 6.30. The van der Waals surface area contributed by atoms with Crippen LogP contribution in [0.5, 0.6) is 0 Å². The molecule has 0 bridgehead atoms. The van der Waals surface area contributed by atoms with Crippen molar-refractivity contribution in [2.24, 2.45) is 5.92 Å². The minimum Gasteiger partial charge on any atom is -0.381 e. The number of imidazole rings is 1. The molecular formula is C18H28N4O2. The minimum atomic E-state index is -0.138. The molecule has 0 fully saturated rings. The van der Waals surface area contributed by atoms with Crippen molar-refractivity contribution in [1.29, 1.82) is 0 Å². The van der Waals surface area contributed by atoms with E-state index in [1.807, 2.05) is 31.2 Å². The lowest BCUT2D eigenvalue weighted by molar-refractivity contribution is 0.108. The SMILES string of the molecule is Cc1nc2ccccc2n1CCNC(=O)NCCCOCC(C)C. The molecule has 0 spiro atoms. The van der Waals surface area contributed by atoms with Gasteiger partial charge in [-0.25, -0.2) is 9.78 Å². The number of carbonyl (C=O) groups excluding carboxylic acids is 1. The highest BCUT2D eigenvalue weighted by Crippen LogP contribution is 2.14. The number of aryl methyl sites for hydroxylation is 1. The summed E-state index contributed by atoms with van der Waals surface area (Å²) in [4.78, 5) is 16.3. The fourth-order valence-corrected chi connectivity index (χ4v) is 2.52. The van der Waals surface area contributed by atoms with E-state index in [-0.39, 0.29) is 6.03 Å². The van der Waals surface area contributed by atoms with Gasteiger partial charge in [-0.2, -0.15) is 0 Å². The number of hydrogen-bond donors (Lipinski definition) is 2. The maximum absolute atomic E-state index is 11.8. The molecule has 0 saturated heterocycles. The molecule has 2 amide bonds. The largest absolute Gasteiger partial charge is 0.381 e. The fourth-order valence-electron chi connectivity index (χ4n) is 2.52. The molecule has 0 unspecified atom stereocenters. The molecule has 2 rings (SSSR count). The van der Waals surface area contributed by atoms with E-state index in [0.717, 1.165) is 29.9 Å². The summed E-state index contributed by atoms with van der Waals surface area (Å²) in [6.07, 6.45) is 0.825. The first-order valence-electron chi connectivity index (χ1n) is 8.59. The maximum Gasteiger partial charge on any atom is 0.314 e. The third kappa shape index (κ3) is 5.53. The average molecular weight is 332 g/mol. The monoisotopic (exact) mass is 332 g/mol. The van der Waals surface area contributed by atoms with Crippen LogP contribution in [0.3, 0.4) is 0 Å². The lowest BCUT2D eigenvalue weighted by Gasteiger charge is -2.10. The molecule has 2 aromatic rings. The Morgan fingerprint density at radius 3 is 2.79 bits per heavy atom. The minimum absolute atomic E-state index is 0.138. The number of urea groups is 1. The molecule has 1 aromatic heterocycles. The zero-order valence-corrected chi connectivity index (χ0v) is 14.8. The number of carbonyl (C=O) groups is 1. The molecule has 6 nitrogen and oxygen atoms in total. The first kappa shape index (κ1) is 18.3. The van der Waals surface area contributed by atoms with Crippen LogP contribution in [-0.4, -0.2) is 41.9 Å². The summed E-state index contributed by atoms with van der Waals surface area (Å²) >= 11 is 0. The topological polar surface area (TPSA) is 68.2 Å². The molecule has 0 atom stereocenters. The van der Waals surface area contributed by atoms with E-state index in [0.29, 0.717) is 32.2 Å². The first-order valence-corrected chi connectivity index (χ1v) is 8.59. The Hall–Kier alpha value is -2.08. The van der Waals surface area contributed by atoms with Crippen molar-refractivity contribution in [3.05, 3.63) is 30.1 Å². The maximum atomic E-state index is 11.8. The van der Waals surface area contributed by atoms with E-state index >= 15 is 0 Å². The van der Waals surface area contributed by atoms with Gasteiger partial charge in [0.25, 0.3) is 0 Å². The number of ether oxygens (including phenoxy) is 1. The number of hydrogen-bond acceptors (Lipinski definition) is 3. The van der Waals surface area contributed by atoms with Gasteiger partial charge in [-0.3, -0.25) is 0 Å². The number of nitrogens with zero attached hydrogens (tertiary/aromatic N) is 2. The highest BCUT2D eigenvalue weighted by molar-refractivity contribution is 5.76. The normalized spacial score (nSPS) is 11.2. The summed E-state index contributed by atoms with van der Waals surface area (Å²) in [6.45, 7) is 9.57. The van der Waals surface area contributed by atoms with Crippen molar-refractivity contribution < 1.29 is 9.53 Å². The Labute approximate surface area is 143 Å².